The molecule has 0 aromatic rings. The van der Waals surface area contributed by atoms with Crippen LogP contribution in [0.25, 0.3) is 0 Å². The fourth-order valence-electron chi connectivity index (χ4n) is 2.89. The van der Waals surface area contributed by atoms with Crippen LogP contribution >= 0.6 is 0 Å². The van der Waals surface area contributed by atoms with Gasteiger partial charge in [0, 0.05) is 31.1 Å². The van der Waals surface area contributed by atoms with E-state index in [4.69, 9.17) is 5.11 Å². The van der Waals surface area contributed by atoms with Crippen LogP contribution in [0.1, 0.15) is 32.6 Å². The van der Waals surface area contributed by atoms with Gasteiger partial charge < -0.3 is 15.3 Å². The third kappa shape index (κ3) is 2.15. The van der Waals surface area contributed by atoms with E-state index in [2.05, 4.69) is 17.1 Å². The second-order valence-corrected chi connectivity index (χ2v) is 4.87. The normalized spacial score (nSPS) is 28.7. The molecule has 2 saturated heterocycles. The number of hydrogen-bond donors (Lipinski definition) is 2. The Morgan fingerprint density at radius 1 is 1.56 bits per heavy atom. The van der Waals surface area contributed by atoms with Crippen LogP contribution in [-0.2, 0) is 4.84 Å². The lowest BCUT2D eigenvalue weighted by atomic mass is 9.66. The van der Waals surface area contributed by atoms with Crippen molar-refractivity contribution in [1.82, 2.24) is 10.4 Å². The lowest BCUT2D eigenvalue weighted by Gasteiger charge is -2.54. The van der Waals surface area contributed by atoms with Crippen LogP contribution in [0.15, 0.2) is 0 Å². The highest BCUT2D eigenvalue weighted by atomic mass is 16.8. The van der Waals surface area contributed by atoms with Gasteiger partial charge in [0.15, 0.2) is 0 Å². The van der Waals surface area contributed by atoms with Gasteiger partial charge in [0.05, 0.1) is 0 Å². The van der Waals surface area contributed by atoms with Gasteiger partial charge in [-0.15, -0.1) is 5.06 Å². The Bertz CT molecular complexity index is 262. The third-order valence-electron chi connectivity index (χ3n) is 3.94. The van der Waals surface area contributed by atoms with Crippen molar-refractivity contribution in [2.75, 3.05) is 19.6 Å². The van der Waals surface area contributed by atoms with Crippen molar-refractivity contribution in [3.8, 4) is 0 Å². The van der Waals surface area contributed by atoms with Gasteiger partial charge >= 0.3 is 6.16 Å². The molecule has 2 aliphatic heterocycles. The SMILES string of the molecule is CCCC1NCC12CCN(OC(=O)O)CC2. The molecule has 92 valence electrons. The highest BCUT2D eigenvalue weighted by Gasteiger charge is 2.47. The minimum Gasteiger partial charge on any atom is -0.448 e. The lowest BCUT2D eigenvalue weighted by Crippen LogP contribution is -2.65. The van der Waals surface area contributed by atoms with E-state index in [1.165, 1.54) is 12.8 Å². The first kappa shape index (κ1) is 11.7. The number of carboxylic acid groups (broad SMARTS) is 1. The molecule has 0 aromatic heterocycles. The topological polar surface area (TPSA) is 61.8 Å². The number of hydroxylamine groups is 2. The highest BCUT2D eigenvalue weighted by Crippen LogP contribution is 2.42. The summed E-state index contributed by atoms with van der Waals surface area (Å²) in [5.41, 5.74) is 0.411. The summed E-state index contributed by atoms with van der Waals surface area (Å²) in [6.45, 7) is 4.75. The molecular weight excluding hydrogens is 208 g/mol. The average molecular weight is 228 g/mol. The van der Waals surface area contributed by atoms with Gasteiger partial charge in [-0.25, -0.2) is 4.79 Å². The van der Waals surface area contributed by atoms with Crippen LogP contribution in [-0.4, -0.2) is 42.0 Å². The fraction of sp³-hybridized carbons (Fsp3) is 0.909. The first-order valence-electron chi connectivity index (χ1n) is 6.05. The monoisotopic (exact) mass is 228 g/mol. The summed E-state index contributed by atoms with van der Waals surface area (Å²) in [4.78, 5) is 15.1. The summed E-state index contributed by atoms with van der Waals surface area (Å²) in [6, 6.07) is 0.629. The molecule has 1 unspecified atom stereocenters. The van der Waals surface area contributed by atoms with Crippen molar-refractivity contribution < 1.29 is 14.7 Å². The van der Waals surface area contributed by atoms with Crippen molar-refractivity contribution in [2.45, 2.75) is 38.6 Å². The molecule has 0 radical (unpaired) electrons. The minimum absolute atomic E-state index is 0.411. The molecule has 1 atom stereocenters. The fourth-order valence-corrected chi connectivity index (χ4v) is 2.89. The van der Waals surface area contributed by atoms with Crippen molar-refractivity contribution in [1.29, 1.82) is 0 Å². The molecule has 5 nitrogen and oxygen atoms in total. The predicted octanol–water partition coefficient (Wildman–Crippen LogP) is 1.45. The van der Waals surface area contributed by atoms with Crippen LogP contribution < -0.4 is 5.32 Å². The molecule has 0 bridgehead atoms. The Hall–Kier alpha value is -0.810. The van der Waals surface area contributed by atoms with Crippen LogP contribution in [0.5, 0.6) is 0 Å². The van der Waals surface area contributed by atoms with Gasteiger partial charge in [-0.2, -0.15) is 0 Å². The Kier molecular flexibility index (Phi) is 3.35. The van der Waals surface area contributed by atoms with Gasteiger partial charge in [0.1, 0.15) is 0 Å². The number of carbonyl (C=O) groups is 1. The minimum atomic E-state index is -1.20. The maximum atomic E-state index is 10.4. The van der Waals surface area contributed by atoms with E-state index >= 15 is 0 Å². The summed E-state index contributed by atoms with van der Waals surface area (Å²) >= 11 is 0. The second kappa shape index (κ2) is 4.59. The quantitative estimate of drug-likeness (QED) is 0.765. The van der Waals surface area contributed by atoms with Gasteiger partial charge in [0.25, 0.3) is 0 Å². The molecule has 2 rings (SSSR count). The molecule has 0 amide bonds. The molecule has 16 heavy (non-hydrogen) atoms. The Morgan fingerprint density at radius 2 is 2.25 bits per heavy atom. The molecule has 0 aromatic carbocycles. The molecule has 0 saturated carbocycles. The van der Waals surface area contributed by atoms with Gasteiger partial charge in [-0.05, 0) is 19.3 Å². The van der Waals surface area contributed by atoms with Gasteiger partial charge in [0.2, 0.25) is 0 Å². The second-order valence-electron chi connectivity index (χ2n) is 4.87. The molecule has 2 aliphatic rings. The van der Waals surface area contributed by atoms with E-state index in [1.54, 1.807) is 5.06 Å². The largest absolute Gasteiger partial charge is 0.525 e. The zero-order chi connectivity index (χ0) is 11.6. The van der Waals surface area contributed by atoms with Crippen LogP contribution in [0.3, 0.4) is 0 Å². The molecule has 2 N–H and O–H groups in total. The van der Waals surface area contributed by atoms with Crippen molar-refractivity contribution >= 4 is 6.16 Å². The Labute approximate surface area is 95.7 Å². The molecule has 2 heterocycles. The van der Waals surface area contributed by atoms with E-state index in [-0.39, 0.29) is 0 Å². The standard InChI is InChI=1S/C11H20N2O3/c1-2-3-9-11(8-12-9)4-6-13(7-5-11)16-10(14)15/h9,12H,2-8H2,1H3,(H,14,15). The van der Waals surface area contributed by atoms with Crippen molar-refractivity contribution in [3.63, 3.8) is 0 Å². The number of nitrogens with one attached hydrogen (secondary N) is 1. The number of nitrogens with zero attached hydrogens (tertiary/aromatic N) is 1. The average Bonchev–Trinajstić information content (AvgIpc) is 2.25. The number of rotatable bonds is 3. The van der Waals surface area contributed by atoms with Crippen LogP contribution in [0.4, 0.5) is 4.79 Å². The summed E-state index contributed by atoms with van der Waals surface area (Å²) < 4.78 is 0. The zero-order valence-electron chi connectivity index (χ0n) is 9.74. The summed E-state index contributed by atoms with van der Waals surface area (Å²) in [7, 11) is 0. The summed E-state index contributed by atoms with van der Waals surface area (Å²) in [6.07, 6.45) is 3.30. The molecule has 0 aliphatic carbocycles. The lowest BCUT2D eigenvalue weighted by molar-refractivity contribution is -0.158. The Morgan fingerprint density at radius 3 is 2.69 bits per heavy atom. The predicted molar refractivity (Wildman–Crippen MR) is 59.0 cm³/mol. The van der Waals surface area contributed by atoms with Crippen molar-refractivity contribution in [3.05, 3.63) is 0 Å². The smallest absolute Gasteiger partial charge is 0.448 e. The first-order valence-corrected chi connectivity index (χ1v) is 6.05. The maximum absolute atomic E-state index is 10.4. The molecular formula is C11H20N2O3. The summed E-state index contributed by atoms with van der Waals surface area (Å²) in [5.74, 6) is 0. The van der Waals surface area contributed by atoms with Gasteiger partial charge in [-0.1, -0.05) is 13.3 Å². The van der Waals surface area contributed by atoms with Crippen LogP contribution in [0.2, 0.25) is 0 Å². The van der Waals surface area contributed by atoms with E-state index < -0.39 is 6.16 Å². The zero-order valence-corrected chi connectivity index (χ0v) is 9.74. The van der Waals surface area contributed by atoms with Crippen molar-refractivity contribution in [2.24, 2.45) is 5.41 Å². The number of piperidine rings is 1. The molecule has 2 fully saturated rings. The van der Waals surface area contributed by atoms with E-state index in [0.717, 1.165) is 32.5 Å². The van der Waals surface area contributed by atoms with E-state index in [9.17, 15) is 4.79 Å². The molecule has 5 heteroatoms. The van der Waals surface area contributed by atoms with Crippen LogP contribution in [0, 0.1) is 5.41 Å². The number of hydrogen-bond acceptors (Lipinski definition) is 4. The van der Waals surface area contributed by atoms with E-state index in [0.29, 0.717) is 11.5 Å². The van der Waals surface area contributed by atoms with Gasteiger partial charge in [-0.3, -0.25) is 0 Å². The maximum Gasteiger partial charge on any atom is 0.525 e. The third-order valence-corrected chi connectivity index (χ3v) is 3.94. The highest BCUT2D eigenvalue weighted by molar-refractivity contribution is 5.56. The Balaban J connectivity index is 1.82. The van der Waals surface area contributed by atoms with E-state index in [1.807, 2.05) is 0 Å². The molecule has 1 spiro atoms. The first-order chi connectivity index (χ1) is 7.66. The summed E-state index contributed by atoms with van der Waals surface area (Å²) in [5, 5.41) is 13.6.